The second-order valence-electron chi connectivity index (χ2n) is 4.48. The molecule has 0 unspecified atom stereocenters. The van der Waals surface area contributed by atoms with Crippen LogP contribution in [0, 0.1) is 0 Å². The molecule has 1 heterocycles. The monoisotopic (exact) mass is 272 g/mol. The van der Waals surface area contributed by atoms with Crippen molar-refractivity contribution < 1.29 is 17.9 Å². The van der Waals surface area contributed by atoms with Gasteiger partial charge in [-0.1, -0.05) is 0 Å². The van der Waals surface area contributed by atoms with Crippen LogP contribution in [0.25, 0.3) is 0 Å². The first-order chi connectivity index (χ1) is 8.36. The average molecular weight is 272 g/mol. The first kappa shape index (κ1) is 13.1. The summed E-state index contributed by atoms with van der Waals surface area (Å²) < 4.78 is 33.8. The van der Waals surface area contributed by atoms with Gasteiger partial charge in [-0.05, 0) is 32.8 Å². The molecule has 1 aliphatic carbocycles. The number of primary sulfonamides is 1. The first-order valence-corrected chi connectivity index (χ1v) is 7.28. The van der Waals surface area contributed by atoms with Gasteiger partial charge < -0.3 is 9.47 Å². The lowest BCUT2D eigenvalue weighted by Crippen LogP contribution is -2.17. The highest BCUT2D eigenvalue weighted by atomic mass is 32.2. The van der Waals surface area contributed by atoms with E-state index in [9.17, 15) is 8.42 Å². The van der Waals surface area contributed by atoms with E-state index in [0.29, 0.717) is 0 Å². The topological polar surface area (TPSA) is 91.5 Å². The van der Waals surface area contributed by atoms with Crippen LogP contribution in [-0.2, 0) is 10.0 Å². The van der Waals surface area contributed by atoms with Gasteiger partial charge in [-0.3, -0.25) is 0 Å². The van der Waals surface area contributed by atoms with Gasteiger partial charge in [-0.25, -0.2) is 13.6 Å². The van der Waals surface area contributed by atoms with Crippen LogP contribution in [0.15, 0.2) is 17.2 Å². The molecule has 2 N–H and O–H groups in total. The summed E-state index contributed by atoms with van der Waals surface area (Å²) in [5, 5.41) is 4.86. The molecule has 1 aliphatic rings. The normalized spacial score (nSPS) is 15.8. The SMILES string of the molecule is CC(C)Oc1ccc(OC2CC2)c(S(N)(=O)=O)n1. The molecule has 6 nitrogen and oxygen atoms in total. The van der Waals surface area contributed by atoms with Crippen LogP contribution in [0.1, 0.15) is 26.7 Å². The molecule has 0 atom stereocenters. The highest BCUT2D eigenvalue weighted by molar-refractivity contribution is 7.89. The van der Waals surface area contributed by atoms with E-state index in [-0.39, 0.29) is 28.9 Å². The Morgan fingerprint density at radius 1 is 1.39 bits per heavy atom. The molecule has 0 spiro atoms. The number of hydrogen-bond donors (Lipinski definition) is 1. The summed E-state index contributed by atoms with van der Waals surface area (Å²) in [6.07, 6.45) is 1.83. The summed E-state index contributed by atoms with van der Waals surface area (Å²) in [7, 11) is -3.93. The Kier molecular flexibility index (Phi) is 3.45. The van der Waals surface area contributed by atoms with E-state index in [1.54, 1.807) is 6.07 Å². The molecular formula is C11H16N2O4S. The fourth-order valence-corrected chi connectivity index (χ4v) is 1.99. The minimum Gasteiger partial charge on any atom is -0.487 e. The smallest absolute Gasteiger partial charge is 0.259 e. The summed E-state index contributed by atoms with van der Waals surface area (Å²) in [6.45, 7) is 3.65. The summed E-state index contributed by atoms with van der Waals surface area (Å²) in [6, 6.07) is 3.11. The highest BCUT2D eigenvalue weighted by Gasteiger charge is 2.27. The molecule has 1 aromatic rings. The van der Waals surface area contributed by atoms with E-state index in [1.165, 1.54) is 6.07 Å². The third-order valence-electron chi connectivity index (χ3n) is 2.24. The average Bonchev–Trinajstić information content (AvgIpc) is 3.02. The van der Waals surface area contributed by atoms with Crippen molar-refractivity contribution in [3.63, 3.8) is 0 Å². The molecule has 0 aliphatic heterocycles. The third-order valence-corrected chi connectivity index (χ3v) is 3.08. The van der Waals surface area contributed by atoms with E-state index >= 15 is 0 Å². The van der Waals surface area contributed by atoms with Crippen LogP contribution in [0.2, 0.25) is 0 Å². The maximum absolute atomic E-state index is 11.5. The van der Waals surface area contributed by atoms with E-state index < -0.39 is 10.0 Å². The summed E-state index contributed by atoms with van der Waals surface area (Å²) >= 11 is 0. The van der Waals surface area contributed by atoms with Crippen molar-refractivity contribution in [2.75, 3.05) is 0 Å². The van der Waals surface area contributed by atoms with Crippen molar-refractivity contribution in [1.29, 1.82) is 0 Å². The molecule has 7 heteroatoms. The molecule has 1 saturated carbocycles. The molecule has 0 radical (unpaired) electrons. The Morgan fingerprint density at radius 2 is 2.06 bits per heavy atom. The summed E-state index contributed by atoms with van der Waals surface area (Å²) in [5.41, 5.74) is 0. The Labute approximate surface area is 106 Å². The first-order valence-electron chi connectivity index (χ1n) is 5.73. The van der Waals surface area contributed by atoms with Crippen LogP contribution in [0.5, 0.6) is 11.6 Å². The molecule has 2 rings (SSSR count). The predicted molar refractivity (Wildman–Crippen MR) is 65.0 cm³/mol. The molecule has 0 saturated heterocycles. The fraction of sp³-hybridized carbons (Fsp3) is 0.545. The predicted octanol–water partition coefficient (Wildman–Crippen LogP) is 1.06. The number of hydrogen-bond acceptors (Lipinski definition) is 5. The fourth-order valence-electron chi connectivity index (χ4n) is 1.38. The van der Waals surface area contributed by atoms with E-state index in [4.69, 9.17) is 14.6 Å². The number of ether oxygens (including phenoxy) is 2. The van der Waals surface area contributed by atoms with E-state index in [1.807, 2.05) is 13.8 Å². The van der Waals surface area contributed by atoms with Crippen LogP contribution in [0.3, 0.4) is 0 Å². The van der Waals surface area contributed by atoms with Gasteiger partial charge in [0, 0.05) is 6.07 Å². The number of rotatable bonds is 5. The van der Waals surface area contributed by atoms with Crippen LogP contribution >= 0.6 is 0 Å². The third kappa shape index (κ3) is 3.33. The van der Waals surface area contributed by atoms with Crippen molar-refractivity contribution in [2.45, 2.75) is 43.9 Å². The largest absolute Gasteiger partial charge is 0.487 e. The van der Waals surface area contributed by atoms with Crippen molar-refractivity contribution in [3.05, 3.63) is 12.1 Å². The molecule has 0 bridgehead atoms. The van der Waals surface area contributed by atoms with Crippen molar-refractivity contribution in [1.82, 2.24) is 4.98 Å². The molecule has 1 fully saturated rings. The van der Waals surface area contributed by atoms with Crippen molar-refractivity contribution >= 4 is 10.0 Å². The van der Waals surface area contributed by atoms with Gasteiger partial charge in [-0.15, -0.1) is 0 Å². The van der Waals surface area contributed by atoms with Crippen LogP contribution in [-0.4, -0.2) is 25.6 Å². The molecule has 0 aromatic carbocycles. The molecular weight excluding hydrogens is 256 g/mol. The quantitative estimate of drug-likeness (QED) is 0.865. The van der Waals surface area contributed by atoms with E-state index in [2.05, 4.69) is 4.98 Å². The van der Waals surface area contributed by atoms with Crippen LogP contribution < -0.4 is 14.6 Å². The Balaban J connectivity index is 2.34. The zero-order chi connectivity index (χ0) is 13.3. The second-order valence-corrected chi connectivity index (χ2v) is 5.96. The van der Waals surface area contributed by atoms with Gasteiger partial charge in [0.05, 0.1) is 12.2 Å². The van der Waals surface area contributed by atoms with Crippen molar-refractivity contribution in [2.24, 2.45) is 5.14 Å². The number of pyridine rings is 1. The molecule has 0 amide bonds. The zero-order valence-corrected chi connectivity index (χ0v) is 11.1. The van der Waals surface area contributed by atoms with Gasteiger partial charge in [-0.2, -0.15) is 4.98 Å². The Morgan fingerprint density at radius 3 is 2.56 bits per heavy atom. The van der Waals surface area contributed by atoms with Gasteiger partial charge >= 0.3 is 0 Å². The highest BCUT2D eigenvalue weighted by Crippen LogP contribution is 2.31. The van der Waals surface area contributed by atoms with Crippen molar-refractivity contribution in [3.8, 4) is 11.6 Å². The Hall–Kier alpha value is -1.34. The number of nitrogens with zero attached hydrogens (tertiary/aromatic N) is 1. The number of sulfonamides is 1. The van der Waals surface area contributed by atoms with Gasteiger partial charge in [0.25, 0.3) is 10.0 Å². The van der Waals surface area contributed by atoms with Gasteiger partial charge in [0.2, 0.25) is 10.9 Å². The lowest BCUT2D eigenvalue weighted by molar-refractivity contribution is 0.228. The minimum atomic E-state index is -3.93. The number of nitrogens with two attached hydrogens (primary N) is 1. The van der Waals surface area contributed by atoms with Gasteiger partial charge in [0.15, 0.2) is 5.75 Å². The van der Waals surface area contributed by atoms with E-state index in [0.717, 1.165) is 12.8 Å². The molecule has 1 aromatic heterocycles. The summed E-state index contributed by atoms with van der Waals surface area (Å²) in [5.74, 6) is 0.410. The maximum atomic E-state index is 11.5. The lowest BCUT2D eigenvalue weighted by atomic mass is 10.4. The second kappa shape index (κ2) is 4.74. The summed E-state index contributed by atoms with van der Waals surface area (Å²) in [4.78, 5) is 3.90. The van der Waals surface area contributed by atoms with Gasteiger partial charge in [0.1, 0.15) is 0 Å². The maximum Gasteiger partial charge on any atom is 0.259 e. The Bertz CT molecular complexity index is 538. The number of aromatic nitrogens is 1. The standard InChI is InChI=1S/C11H16N2O4S/c1-7(2)16-10-6-5-9(17-8-3-4-8)11(13-10)18(12,14)15/h5-8H,3-4H2,1-2H3,(H2,12,14,15). The molecule has 18 heavy (non-hydrogen) atoms. The van der Waals surface area contributed by atoms with Crippen LogP contribution in [0.4, 0.5) is 0 Å². The lowest BCUT2D eigenvalue weighted by Gasteiger charge is -2.12. The minimum absolute atomic E-state index is 0.0733. The zero-order valence-electron chi connectivity index (χ0n) is 10.3. The molecule has 100 valence electrons.